The molecule has 1 aliphatic heterocycles. The summed E-state index contributed by atoms with van der Waals surface area (Å²) >= 11 is 2.84. The van der Waals surface area contributed by atoms with Crippen LogP contribution in [-0.4, -0.2) is 27.8 Å². The van der Waals surface area contributed by atoms with Gasteiger partial charge in [0.15, 0.2) is 5.16 Å². The van der Waals surface area contributed by atoms with Crippen LogP contribution in [0.25, 0.3) is 10.2 Å². The lowest BCUT2D eigenvalue weighted by Gasteiger charge is -2.29. The van der Waals surface area contributed by atoms with E-state index in [9.17, 15) is 9.59 Å². The van der Waals surface area contributed by atoms with E-state index in [1.54, 1.807) is 7.05 Å². The predicted molar refractivity (Wildman–Crippen MR) is 107 cm³/mol. The molecule has 2 aromatic heterocycles. The van der Waals surface area contributed by atoms with Crippen LogP contribution >= 0.6 is 23.1 Å². The van der Waals surface area contributed by atoms with Crippen molar-refractivity contribution in [2.24, 2.45) is 7.05 Å². The molecule has 1 aromatic carbocycles. The molecule has 0 fully saturated rings. The number of benzene rings is 1. The standard InChI is InChI=1S/C19H19N3O2S2/c1-12-10-14-17(26-12)20-19(21(2)18(14)24)25-11-16(23)22-9-5-7-13-6-3-4-8-15(13)22/h3-4,6,8,10H,5,7,9,11H2,1-2H3. The molecule has 26 heavy (non-hydrogen) atoms. The molecular weight excluding hydrogens is 366 g/mol. The van der Waals surface area contributed by atoms with Crippen LogP contribution in [0.2, 0.25) is 0 Å². The highest BCUT2D eigenvalue weighted by molar-refractivity contribution is 7.99. The number of carbonyl (C=O) groups is 1. The zero-order valence-corrected chi connectivity index (χ0v) is 16.3. The number of thioether (sulfide) groups is 1. The van der Waals surface area contributed by atoms with Gasteiger partial charge in [-0.3, -0.25) is 14.2 Å². The fraction of sp³-hybridized carbons (Fsp3) is 0.316. The van der Waals surface area contributed by atoms with Gasteiger partial charge in [0.05, 0.1) is 11.1 Å². The van der Waals surface area contributed by atoms with E-state index in [1.165, 1.54) is 33.2 Å². The first-order valence-corrected chi connectivity index (χ1v) is 10.3. The zero-order valence-electron chi connectivity index (χ0n) is 14.7. The summed E-state index contributed by atoms with van der Waals surface area (Å²) in [5.41, 5.74) is 2.17. The number of carbonyl (C=O) groups excluding carboxylic acids is 1. The molecule has 5 nitrogen and oxygen atoms in total. The van der Waals surface area contributed by atoms with E-state index >= 15 is 0 Å². The molecule has 0 aliphatic carbocycles. The number of hydrogen-bond donors (Lipinski definition) is 0. The van der Waals surface area contributed by atoms with Crippen molar-refractivity contribution in [2.45, 2.75) is 24.9 Å². The van der Waals surface area contributed by atoms with Crippen molar-refractivity contribution in [3.63, 3.8) is 0 Å². The van der Waals surface area contributed by atoms with Gasteiger partial charge in [-0.15, -0.1) is 11.3 Å². The fourth-order valence-corrected chi connectivity index (χ4v) is 5.06. The molecule has 1 amide bonds. The molecule has 3 aromatic rings. The van der Waals surface area contributed by atoms with Crippen LogP contribution in [0.4, 0.5) is 5.69 Å². The Kier molecular flexibility index (Phi) is 4.58. The van der Waals surface area contributed by atoms with E-state index in [4.69, 9.17) is 0 Å². The maximum Gasteiger partial charge on any atom is 0.262 e. The first-order valence-electron chi connectivity index (χ1n) is 8.53. The Morgan fingerprint density at radius 1 is 1.35 bits per heavy atom. The molecule has 1 aliphatic rings. The second-order valence-electron chi connectivity index (χ2n) is 6.40. The van der Waals surface area contributed by atoms with Gasteiger partial charge in [-0.1, -0.05) is 30.0 Å². The van der Waals surface area contributed by atoms with Crippen LogP contribution < -0.4 is 10.5 Å². The number of hydrogen-bond acceptors (Lipinski definition) is 5. The van der Waals surface area contributed by atoms with Crippen LogP contribution in [0.5, 0.6) is 0 Å². The van der Waals surface area contributed by atoms with E-state index in [0.717, 1.165) is 34.8 Å². The molecule has 0 radical (unpaired) electrons. The third kappa shape index (κ3) is 3.05. The number of rotatable bonds is 3. The van der Waals surface area contributed by atoms with Crippen LogP contribution in [0.1, 0.15) is 16.9 Å². The summed E-state index contributed by atoms with van der Waals surface area (Å²) in [5, 5.41) is 1.23. The average molecular weight is 386 g/mol. The van der Waals surface area contributed by atoms with Crippen LogP contribution in [-0.2, 0) is 18.3 Å². The SMILES string of the molecule is Cc1cc2c(=O)n(C)c(SCC(=O)N3CCCc4ccccc43)nc2s1. The number of anilines is 1. The minimum absolute atomic E-state index is 0.0545. The number of aromatic nitrogens is 2. The highest BCUT2D eigenvalue weighted by Gasteiger charge is 2.22. The topological polar surface area (TPSA) is 55.2 Å². The molecule has 3 heterocycles. The number of para-hydroxylation sites is 1. The lowest BCUT2D eigenvalue weighted by Crippen LogP contribution is -2.36. The molecule has 7 heteroatoms. The predicted octanol–water partition coefficient (Wildman–Crippen LogP) is 3.37. The van der Waals surface area contributed by atoms with E-state index in [-0.39, 0.29) is 17.2 Å². The van der Waals surface area contributed by atoms with Gasteiger partial charge in [-0.05, 0) is 37.5 Å². The summed E-state index contributed by atoms with van der Waals surface area (Å²) in [6.07, 6.45) is 1.99. The van der Waals surface area contributed by atoms with Gasteiger partial charge in [0.1, 0.15) is 4.83 Å². The fourth-order valence-electron chi connectivity index (χ4n) is 3.29. The summed E-state index contributed by atoms with van der Waals surface area (Å²) in [5.74, 6) is 0.323. The molecule has 0 saturated heterocycles. The molecule has 0 saturated carbocycles. The molecular formula is C19H19N3O2S2. The van der Waals surface area contributed by atoms with Crippen molar-refractivity contribution in [1.82, 2.24) is 9.55 Å². The number of aryl methyl sites for hydroxylation is 2. The van der Waals surface area contributed by atoms with Gasteiger partial charge >= 0.3 is 0 Å². The summed E-state index contributed by atoms with van der Waals surface area (Å²) in [4.78, 5) is 33.5. The van der Waals surface area contributed by atoms with Gasteiger partial charge in [-0.2, -0.15) is 0 Å². The first kappa shape index (κ1) is 17.3. The third-order valence-corrected chi connectivity index (χ3v) is 6.55. The Balaban J connectivity index is 1.56. The van der Waals surface area contributed by atoms with Gasteiger partial charge in [-0.25, -0.2) is 4.98 Å². The van der Waals surface area contributed by atoms with E-state index < -0.39 is 0 Å². The van der Waals surface area contributed by atoms with Crippen molar-refractivity contribution < 1.29 is 4.79 Å². The van der Waals surface area contributed by atoms with Crippen molar-refractivity contribution in [1.29, 1.82) is 0 Å². The number of fused-ring (bicyclic) bond motifs is 2. The van der Waals surface area contributed by atoms with Crippen LogP contribution in [0.3, 0.4) is 0 Å². The Labute approximate surface area is 159 Å². The maximum absolute atomic E-state index is 12.8. The van der Waals surface area contributed by atoms with E-state index in [2.05, 4.69) is 11.1 Å². The van der Waals surface area contributed by atoms with Gasteiger partial charge in [0.2, 0.25) is 5.91 Å². The van der Waals surface area contributed by atoms with E-state index in [0.29, 0.717) is 10.5 Å². The summed E-state index contributed by atoms with van der Waals surface area (Å²) < 4.78 is 1.54. The lowest BCUT2D eigenvalue weighted by molar-refractivity contribution is -0.116. The number of thiophene rings is 1. The Hall–Kier alpha value is -2.12. The average Bonchev–Trinajstić information content (AvgIpc) is 3.03. The van der Waals surface area contributed by atoms with Gasteiger partial charge in [0.25, 0.3) is 5.56 Å². The second-order valence-corrected chi connectivity index (χ2v) is 8.58. The molecule has 4 rings (SSSR count). The summed E-state index contributed by atoms with van der Waals surface area (Å²) in [7, 11) is 1.71. The Morgan fingerprint density at radius 2 is 2.15 bits per heavy atom. The molecule has 0 atom stereocenters. The molecule has 0 N–H and O–H groups in total. The highest BCUT2D eigenvalue weighted by Crippen LogP contribution is 2.28. The molecule has 134 valence electrons. The maximum atomic E-state index is 12.8. The lowest BCUT2D eigenvalue weighted by atomic mass is 10.0. The summed E-state index contributed by atoms with van der Waals surface area (Å²) in [6, 6.07) is 9.95. The molecule has 0 unspecified atom stereocenters. The Bertz CT molecular complexity index is 1050. The smallest absolute Gasteiger partial charge is 0.262 e. The van der Waals surface area contributed by atoms with Crippen molar-refractivity contribution >= 4 is 44.9 Å². The monoisotopic (exact) mass is 385 g/mol. The quantitative estimate of drug-likeness (QED) is 0.512. The van der Waals surface area contributed by atoms with Crippen LogP contribution in [0.15, 0.2) is 40.3 Å². The minimum Gasteiger partial charge on any atom is -0.311 e. The van der Waals surface area contributed by atoms with Crippen LogP contribution in [0, 0.1) is 6.92 Å². The largest absolute Gasteiger partial charge is 0.311 e. The number of nitrogens with zero attached hydrogens (tertiary/aromatic N) is 3. The molecule has 0 spiro atoms. The van der Waals surface area contributed by atoms with Crippen molar-refractivity contribution in [3.05, 3.63) is 51.1 Å². The highest BCUT2D eigenvalue weighted by atomic mass is 32.2. The van der Waals surface area contributed by atoms with Crippen molar-refractivity contribution in [2.75, 3.05) is 17.2 Å². The first-order chi connectivity index (χ1) is 12.5. The van der Waals surface area contributed by atoms with Gasteiger partial charge < -0.3 is 4.90 Å². The Morgan fingerprint density at radius 3 is 3.00 bits per heavy atom. The minimum atomic E-state index is -0.0578. The number of amides is 1. The zero-order chi connectivity index (χ0) is 18.3. The molecule has 0 bridgehead atoms. The summed E-state index contributed by atoms with van der Waals surface area (Å²) in [6.45, 7) is 2.71. The normalized spacial score (nSPS) is 13.8. The van der Waals surface area contributed by atoms with E-state index in [1.807, 2.05) is 36.1 Å². The van der Waals surface area contributed by atoms with Gasteiger partial charge in [0, 0.05) is 24.2 Å². The second kappa shape index (κ2) is 6.89. The van der Waals surface area contributed by atoms with Crippen molar-refractivity contribution in [3.8, 4) is 0 Å². The third-order valence-electron chi connectivity index (χ3n) is 4.59.